The molecule has 0 saturated carbocycles. The van der Waals surface area contributed by atoms with Crippen LogP contribution < -0.4 is 5.09 Å². The zero-order valence-corrected chi connectivity index (χ0v) is 19.6. The molecule has 0 fully saturated rings. The lowest BCUT2D eigenvalue weighted by molar-refractivity contribution is 0.977. The van der Waals surface area contributed by atoms with E-state index in [4.69, 9.17) is 4.41 Å². The zero-order chi connectivity index (χ0) is 17.2. The number of rotatable bonds is 6. The van der Waals surface area contributed by atoms with Gasteiger partial charge in [-0.3, -0.25) is 0 Å². The minimum atomic E-state index is -1.50. The van der Waals surface area contributed by atoms with Crippen LogP contribution in [0.2, 0.25) is 58.9 Å². The van der Waals surface area contributed by atoms with Crippen LogP contribution in [0.25, 0.3) is 0 Å². The fraction of sp³-hybridized carbons (Fsp3) is 0.600. The van der Waals surface area contributed by atoms with E-state index in [0.717, 1.165) is 0 Å². The Morgan fingerprint density at radius 2 is 1.27 bits per heavy atom. The van der Waals surface area contributed by atoms with Crippen LogP contribution in [0.5, 0.6) is 0 Å². The van der Waals surface area contributed by atoms with Crippen molar-refractivity contribution in [3.8, 4) is 0 Å². The Morgan fingerprint density at radius 1 is 0.818 bits per heavy atom. The summed E-state index contributed by atoms with van der Waals surface area (Å²) in [4.78, 5) is 0. The molecule has 1 N–H and O–H groups in total. The summed E-state index contributed by atoms with van der Waals surface area (Å²) in [5.74, 6) is 0. The van der Waals surface area contributed by atoms with Gasteiger partial charge in [0.05, 0.1) is 5.69 Å². The maximum absolute atomic E-state index is 5.33. The van der Waals surface area contributed by atoms with E-state index in [9.17, 15) is 0 Å². The highest BCUT2D eigenvalue weighted by Gasteiger charge is 2.47. The first-order valence-electron chi connectivity index (χ1n) is 7.96. The Kier molecular flexibility index (Phi) is 6.38. The van der Waals surface area contributed by atoms with Crippen molar-refractivity contribution in [3.63, 3.8) is 0 Å². The molecule has 1 rings (SSSR count). The fourth-order valence-corrected chi connectivity index (χ4v) is 19.6. The van der Waals surface area contributed by atoms with Gasteiger partial charge in [-0.2, -0.15) is 5.09 Å². The predicted octanol–water partition coefficient (Wildman–Crippen LogP) is 6.40. The number of nitrogens with zero attached hydrogens (tertiary/aromatic N) is 2. The molecule has 0 saturated heterocycles. The Bertz CT molecular complexity index is 500. The lowest BCUT2D eigenvalue weighted by Gasteiger charge is -2.35. The number of para-hydroxylation sites is 1. The molecule has 0 aliphatic heterocycles. The molecule has 124 valence electrons. The molecular weight excluding hydrogens is 337 g/mol. The highest BCUT2D eigenvalue weighted by molar-refractivity contribution is 7.53. The van der Waals surface area contributed by atoms with E-state index in [1.165, 1.54) is 5.69 Å². The van der Waals surface area contributed by atoms with Crippen LogP contribution in [0.3, 0.4) is 0 Å². The van der Waals surface area contributed by atoms with Crippen molar-refractivity contribution in [3.05, 3.63) is 30.3 Å². The summed E-state index contributed by atoms with van der Waals surface area (Å²) in [7, 11) is -5.07. The minimum Gasteiger partial charge on any atom is -0.180 e. The summed E-state index contributed by atoms with van der Waals surface area (Å²) >= 11 is 0. The molecule has 22 heavy (non-hydrogen) atoms. The molecule has 0 amide bonds. The van der Waals surface area contributed by atoms with Crippen LogP contribution >= 0.6 is 8.01 Å². The SMILES string of the molecule is C[Si](C)(C)N=[P+](Nc1ccccc1)N([Si](C)(C)C)[Si](C)(C)C. The van der Waals surface area contributed by atoms with Crippen LogP contribution in [0, 0.1) is 0 Å². The molecule has 0 aliphatic carbocycles. The third kappa shape index (κ3) is 6.46. The van der Waals surface area contributed by atoms with Crippen molar-refractivity contribution in [1.82, 2.24) is 4.00 Å². The first-order valence-corrected chi connectivity index (χ1v) is 19.5. The first-order chi connectivity index (χ1) is 9.81. The zero-order valence-electron chi connectivity index (χ0n) is 15.7. The van der Waals surface area contributed by atoms with E-state index in [1.54, 1.807) is 0 Å². The molecule has 0 heterocycles. The Labute approximate surface area is 141 Å². The second-order valence-electron chi connectivity index (χ2n) is 8.69. The molecule has 0 spiro atoms. The quantitative estimate of drug-likeness (QED) is 0.463. The van der Waals surface area contributed by atoms with Gasteiger partial charge >= 0.3 is 8.01 Å². The molecule has 3 nitrogen and oxygen atoms in total. The number of nitrogens with one attached hydrogen (secondary N) is 1. The third-order valence-corrected chi connectivity index (χ3v) is 18.2. The van der Waals surface area contributed by atoms with Crippen LogP contribution in [0.4, 0.5) is 5.69 Å². The van der Waals surface area contributed by atoms with Gasteiger partial charge in [0.2, 0.25) is 8.24 Å². The summed E-state index contributed by atoms with van der Waals surface area (Å²) < 4.78 is 8.15. The van der Waals surface area contributed by atoms with Crippen molar-refractivity contribution in [1.29, 1.82) is 0 Å². The molecular formula is C15H33N3PSi3+. The summed E-state index contributed by atoms with van der Waals surface area (Å²) in [5, 5.41) is 3.78. The lowest BCUT2D eigenvalue weighted by atomic mass is 10.3. The smallest absolute Gasteiger partial charge is 0.180 e. The van der Waals surface area contributed by atoms with Gasteiger partial charge in [0, 0.05) is 0 Å². The van der Waals surface area contributed by atoms with Crippen molar-refractivity contribution >= 4 is 38.4 Å². The lowest BCUT2D eigenvalue weighted by Crippen LogP contribution is -2.55. The average molecular weight is 371 g/mol. The maximum Gasteiger partial charge on any atom is 0.399 e. The number of benzene rings is 1. The standard InChI is InChI=1S/C15H33N3PSi3/c1-20(2,3)17-19(16-15-13-11-10-12-14-15)18(21(4,5)6)22(7,8)9/h10-14H,1-9H3,(H,16,17)/q+1. The molecule has 1 aromatic rings. The highest BCUT2D eigenvalue weighted by Crippen LogP contribution is 2.42. The largest absolute Gasteiger partial charge is 0.399 e. The summed E-state index contributed by atoms with van der Waals surface area (Å²) in [6, 6.07) is 10.6. The van der Waals surface area contributed by atoms with E-state index in [1.807, 2.05) is 0 Å². The van der Waals surface area contributed by atoms with Crippen molar-refractivity contribution in [2.24, 2.45) is 4.41 Å². The molecule has 0 aliphatic rings. The van der Waals surface area contributed by atoms with Crippen LogP contribution in [-0.4, -0.2) is 28.7 Å². The van der Waals surface area contributed by atoms with E-state index in [-0.39, 0.29) is 0 Å². The van der Waals surface area contributed by atoms with Crippen LogP contribution in [0.15, 0.2) is 34.7 Å². The van der Waals surface area contributed by atoms with Gasteiger partial charge < -0.3 is 0 Å². The number of hydrogen-bond acceptors (Lipinski definition) is 1. The van der Waals surface area contributed by atoms with Crippen molar-refractivity contribution < 1.29 is 0 Å². The second kappa shape index (κ2) is 7.09. The second-order valence-corrected chi connectivity index (χ2v) is 25.8. The summed E-state index contributed by atoms with van der Waals surface area (Å²) in [5.41, 5.74) is 1.19. The van der Waals surface area contributed by atoms with Crippen molar-refractivity contribution in [2.75, 3.05) is 5.09 Å². The van der Waals surface area contributed by atoms with Gasteiger partial charge in [0.15, 0.2) is 16.5 Å². The molecule has 0 aromatic heterocycles. The Morgan fingerprint density at radius 3 is 1.64 bits per heavy atom. The van der Waals surface area contributed by atoms with Gasteiger partial charge in [-0.1, -0.05) is 57.5 Å². The molecule has 1 atom stereocenters. The molecule has 0 bridgehead atoms. The minimum absolute atomic E-state index is 0.671. The summed E-state index contributed by atoms with van der Waals surface area (Å²) in [6.45, 7) is 21.7. The van der Waals surface area contributed by atoms with Crippen molar-refractivity contribution in [2.45, 2.75) is 58.9 Å². The van der Waals surface area contributed by atoms with Gasteiger partial charge in [0.25, 0.3) is 0 Å². The van der Waals surface area contributed by atoms with Crippen LogP contribution in [0.1, 0.15) is 0 Å². The molecule has 0 radical (unpaired) electrons. The van der Waals surface area contributed by atoms with Gasteiger partial charge in [-0.15, -0.1) is 8.41 Å². The van der Waals surface area contributed by atoms with Gasteiger partial charge in [0.1, 0.15) is 0 Å². The average Bonchev–Trinajstić information content (AvgIpc) is 2.23. The number of hydrogen-bond donors (Lipinski definition) is 1. The predicted molar refractivity (Wildman–Crippen MR) is 111 cm³/mol. The Balaban J connectivity index is 3.33. The fourth-order valence-electron chi connectivity index (χ4n) is 2.61. The van der Waals surface area contributed by atoms with E-state index >= 15 is 0 Å². The third-order valence-electron chi connectivity index (χ3n) is 2.86. The van der Waals surface area contributed by atoms with Crippen LogP contribution in [-0.2, 0) is 0 Å². The molecule has 1 aromatic carbocycles. The monoisotopic (exact) mass is 370 g/mol. The maximum atomic E-state index is 5.33. The van der Waals surface area contributed by atoms with E-state index in [2.05, 4.69) is 98.3 Å². The van der Waals surface area contributed by atoms with Gasteiger partial charge in [-0.05, 0) is 31.8 Å². The normalized spacial score (nSPS) is 14.4. The molecule has 1 unspecified atom stereocenters. The van der Waals surface area contributed by atoms with E-state index in [0.29, 0.717) is 0 Å². The number of anilines is 1. The summed E-state index contributed by atoms with van der Waals surface area (Å²) in [6.07, 6.45) is 0. The Hall–Kier alpha value is -0.269. The van der Waals surface area contributed by atoms with E-state index < -0.39 is 32.7 Å². The molecule has 7 heteroatoms. The first kappa shape index (κ1) is 19.8. The topological polar surface area (TPSA) is 27.6 Å². The highest BCUT2D eigenvalue weighted by atomic mass is 31.1. The van der Waals surface area contributed by atoms with Gasteiger partial charge in [-0.25, -0.2) is 0 Å².